The van der Waals surface area contributed by atoms with Crippen molar-refractivity contribution in [3.63, 3.8) is 0 Å². The number of nitrogens with one attached hydrogen (secondary N) is 4. The summed E-state index contributed by atoms with van der Waals surface area (Å²) in [5.74, 6) is -0.0950. The smallest absolute Gasteiger partial charge is 0.249 e. The van der Waals surface area contributed by atoms with Crippen LogP contribution in [0.5, 0.6) is 0 Å². The lowest BCUT2D eigenvalue weighted by molar-refractivity contribution is -0.148. The summed E-state index contributed by atoms with van der Waals surface area (Å²) in [6.07, 6.45) is 6.96. The van der Waals surface area contributed by atoms with Crippen LogP contribution in [0, 0.1) is 11.8 Å². The number of hydrogen-bond acceptors (Lipinski definition) is 7. The molecule has 7 rings (SSSR count). The molecule has 4 atom stereocenters. The first-order chi connectivity index (χ1) is 24.7. The number of carbonyl (C=O) groups is 5. The van der Waals surface area contributed by atoms with Crippen LogP contribution >= 0.6 is 0 Å². The SMILES string of the molecule is C[C@@H](NC(=O)C1CC1)C(=O)N1CCOC[C@H]1C(=O)Nc1ccc(-c2ccc(-c3cnc([C@@H]4CCCN4C(=O)[C@@H](C)NC(=O)C4CC4)[nH]3)cc2)cc1. The minimum Gasteiger partial charge on any atom is -0.377 e. The molecule has 2 saturated carbocycles. The van der Waals surface area contributed by atoms with Gasteiger partial charge in [-0.1, -0.05) is 36.4 Å². The van der Waals surface area contributed by atoms with Gasteiger partial charge in [-0.3, -0.25) is 24.0 Å². The van der Waals surface area contributed by atoms with Crippen LogP contribution in [0.2, 0.25) is 0 Å². The first-order valence-electron chi connectivity index (χ1n) is 18.0. The number of likely N-dealkylation sites (tertiary alicyclic amines) is 1. The van der Waals surface area contributed by atoms with Gasteiger partial charge in [-0.05, 0) is 81.2 Å². The maximum atomic E-state index is 13.3. The second-order valence-electron chi connectivity index (χ2n) is 14.1. The van der Waals surface area contributed by atoms with Gasteiger partial charge >= 0.3 is 0 Å². The Morgan fingerprint density at radius 3 is 1.92 bits per heavy atom. The standard InChI is InChI=1S/C38H45N7O6/c1-22(40-34(46)27-9-10-27)37(49)44-17-3-4-31(44)33-39-20-30(43-33)26-7-5-24(6-8-26)25-13-15-29(16-14-25)42-36(48)32-21-51-19-18-45(32)38(50)23(2)41-35(47)28-11-12-28/h5-8,13-16,20,22-23,27-28,31-32H,3-4,9-12,17-19,21H2,1-2H3,(H,39,43)(H,40,46)(H,41,47)(H,42,48)/t22-,23-,31+,32+/m1/s1. The van der Waals surface area contributed by atoms with Gasteiger partial charge < -0.3 is 35.5 Å². The van der Waals surface area contributed by atoms with E-state index in [0.717, 1.165) is 66.7 Å². The summed E-state index contributed by atoms with van der Waals surface area (Å²) < 4.78 is 5.54. The van der Waals surface area contributed by atoms with Gasteiger partial charge in [-0.2, -0.15) is 0 Å². The third-order valence-electron chi connectivity index (χ3n) is 10.2. The number of amides is 5. The molecule has 0 spiro atoms. The number of morpholine rings is 1. The zero-order valence-corrected chi connectivity index (χ0v) is 29.0. The van der Waals surface area contributed by atoms with Gasteiger partial charge in [0.1, 0.15) is 23.9 Å². The van der Waals surface area contributed by atoms with Crippen LogP contribution < -0.4 is 16.0 Å². The van der Waals surface area contributed by atoms with E-state index in [1.54, 1.807) is 20.0 Å². The average Bonchev–Trinajstić information content (AvgIpc) is 4.08. The molecule has 3 heterocycles. The quantitative estimate of drug-likeness (QED) is 0.239. The number of aromatic amines is 1. The van der Waals surface area contributed by atoms with Gasteiger partial charge in [0.15, 0.2) is 0 Å². The number of rotatable bonds is 11. The summed E-state index contributed by atoms with van der Waals surface area (Å²) in [5, 5.41) is 8.57. The number of imidazole rings is 1. The molecule has 1 aromatic heterocycles. The maximum absolute atomic E-state index is 13.3. The van der Waals surface area contributed by atoms with Crippen molar-refractivity contribution in [2.24, 2.45) is 11.8 Å². The van der Waals surface area contributed by atoms with Crippen molar-refractivity contribution in [2.45, 2.75) is 76.5 Å². The highest BCUT2D eigenvalue weighted by Crippen LogP contribution is 2.34. The van der Waals surface area contributed by atoms with E-state index in [0.29, 0.717) is 18.8 Å². The number of ether oxygens (including phenoxy) is 1. The van der Waals surface area contributed by atoms with Gasteiger partial charge in [0.2, 0.25) is 29.5 Å². The van der Waals surface area contributed by atoms with E-state index in [-0.39, 0.29) is 60.6 Å². The van der Waals surface area contributed by atoms with Gasteiger partial charge in [-0.25, -0.2) is 4.98 Å². The highest BCUT2D eigenvalue weighted by Gasteiger charge is 2.38. The molecule has 51 heavy (non-hydrogen) atoms. The zero-order valence-electron chi connectivity index (χ0n) is 29.0. The lowest BCUT2D eigenvalue weighted by atomic mass is 10.0. The molecule has 2 aromatic carbocycles. The normalized spacial score (nSPS) is 21.5. The molecule has 4 fully saturated rings. The van der Waals surface area contributed by atoms with Crippen molar-refractivity contribution in [1.29, 1.82) is 0 Å². The molecule has 2 aliphatic heterocycles. The van der Waals surface area contributed by atoms with Crippen LogP contribution in [0.1, 0.15) is 64.2 Å². The van der Waals surface area contributed by atoms with Gasteiger partial charge in [0, 0.05) is 30.6 Å². The third-order valence-corrected chi connectivity index (χ3v) is 10.2. The molecular formula is C38H45N7O6. The molecule has 4 aliphatic rings. The number of nitrogens with zero attached hydrogens (tertiary/aromatic N) is 3. The number of benzene rings is 2. The topological polar surface area (TPSA) is 166 Å². The van der Waals surface area contributed by atoms with Crippen LogP contribution in [-0.4, -0.2) is 93.7 Å². The average molecular weight is 696 g/mol. The Balaban J connectivity index is 0.948. The van der Waals surface area contributed by atoms with Crippen LogP contribution in [0.3, 0.4) is 0 Å². The van der Waals surface area contributed by atoms with Crippen molar-refractivity contribution in [3.05, 3.63) is 60.6 Å². The van der Waals surface area contributed by atoms with Gasteiger partial charge in [-0.15, -0.1) is 0 Å². The van der Waals surface area contributed by atoms with E-state index in [2.05, 4.69) is 25.9 Å². The third kappa shape index (κ3) is 7.83. The summed E-state index contributed by atoms with van der Waals surface area (Å²) in [6, 6.07) is 13.3. The first kappa shape index (κ1) is 34.4. The van der Waals surface area contributed by atoms with E-state index < -0.39 is 18.1 Å². The summed E-state index contributed by atoms with van der Waals surface area (Å²) in [4.78, 5) is 75.5. The fraction of sp³-hybridized carbons (Fsp3) is 0.474. The molecule has 13 nitrogen and oxygen atoms in total. The molecular weight excluding hydrogens is 650 g/mol. The Labute approximate surface area is 296 Å². The summed E-state index contributed by atoms with van der Waals surface area (Å²) in [5.41, 5.74) is 4.36. The first-order valence-corrected chi connectivity index (χ1v) is 18.0. The highest BCUT2D eigenvalue weighted by atomic mass is 16.5. The molecule has 4 N–H and O–H groups in total. The number of aromatic nitrogens is 2. The Hall–Kier alpha value is -5.04. The van der Waals surface area contributed by atoms with Gasteiger partial charge in [0.05, 0.1) is 31.1 Å². The van der Waals surface area contributed by atoms with Crippen molar-refractivity contribution in [3.8, 4) is 22.4 Å². The summed E-state index contributed by atoms with van der Waals surface area (Å²) >= 11 is 0. The van der Waals surface area contributed by atoms with E-state index >= 15 is 0 Å². The highest BCUT2D eigenvalue weighted by molar-refractivity contribution is 5.99. The van der Waals surface area contributed by atoms with E-state index in [4.69, 9.17) is 4.74 Å². The molecule has 13 heteroatoms. The molecule has 5 amide bonds. The second-order valence-corrected chi connectivity index (χ2v) is 14.1. The van der Waals surface area contributed by atoms with E-state index in [1.807, 2.05) is 53.4 Å². The minimum absolute atomic E-state index is 0.00857. The molecule has 2 aliphatic carbocycles. The molecule has 0 bridgehead atoms. The second kappa shape index (κ2) is 14.7. The van der Waals surface area contributed by atoms with Gasteiger partial charge in [0.25, 0.3) is 0 Å². The molecule has 0 radical (unpaired) electrons. The fourth-order valence-electron chi connectivity index (χ4n) is 6.84. The molecule has 268 valence electrons. The molecule has 0 unspecified atom stereocenters. The number of H-pyrrole nitrogens is 1. The van der Waals surface area contributed by atoms with E-state index in [9.17, 15) is 24.0 Å². The lowest BCUT2D eigenvalue weighted by Crippen LogP contribution is -2.58. The monoisotopic (exact) mass is 695 g/mol. The number of hydrogen-bond donors (Lipinski definition) is 4. The Morgan fingerprint density at radius 2 is 1.31 bits per heavy atom. The Kier molecular flexibility index (Phi) is 9.90. The van der Waals surface area contributed by atoms with Crippen LogP contribution in [0.25, 0.3) is 22.4 Å². The lowest BCUT2D eigenvalue weighted by Gasteiger charge is -2.36. The van der Waals surface area contributed by atoms with E-state index in [1.165, 1.54) is 4.90 Å². The predicted octanol–water partition coefficient (Wildman–Crippen LogP) is 3.40. The van der Waals surface area contributed by atoms with Crippen LogP contribution in [-0.2, 0) is 28.7 Å². The Morgan fingerprint density at radius 1 is 0.745 bits per heavy atom. The number of carbonyl (C=O) groups excluding carboxylic acids is 5. The minimum atomic E-state index is -0.804. The predicted molar refractivity (Wildman–Crippen MR) is 189 cm³/mol. The van der Waals surface area contributed by atoms with Crippen molar-refractivity contribution < 1.29 is 28.7 Å². The van der Waals surface area contributed by atoms with Crippen LogP contribution in [0.15, 0.2) is 54.7 Å². The van der Waals surface area contributed by atoms with Crippen molar-refractivity contribution >= 4 is 35.2 Å². The number of anilines is 1. The van der Waals surface area contributed by atoms with Crippen molar-refractivity contribution in [2.75, 3.05) is 31.6 Å². The molecule has 3 aromatic rings. The zero-order chi connectivity index (χ0) is 35.6. The summed E-state index contributed by atoms with van der Waals surface area (Å²) in [6.45, 7) is 4.72. The largest absolute Gasteiger partial charge is 0.377 e. The summed E-state index contributed by atoms with van der Waals surface area (Å²) in [7, 11) is 0. The van der Waals surface area contributed by atoms with Crippen molar-refractivity contribution in [1.82, 2.24) is 30.4 Å². The fourth-order valence-corrected chi connectivity index (χ4v) is 6.84. The molecule has 2 saturated heterocycles. The Bertz CT molecular complexity index is 1780. The van der Waals surface area contributed by atoms with Crippen LogP contribution in [0.4, 0.5) is 5.69 Å². The maximum Gasteiger partial charge on any atom is 0.249 e.